The summed E-state index contributed by atoms with van der Waals surface area (Å²) in [6.45, 7) is 8.45. The molecule has 0 aliphatic carbocycles. The first-order chi connectivity index (χ1) is 9.88. The van der Waals surface area contributed by atoms with Crippen LogP contribution in [0, 0.1) is 5.92 Å². The van der Waals surface area contributed by atoms with Gasteiger partial charge in [0.05, 0.1) is 12.2 Å². The predicted octanol–water partition coefficient (Wildman–Crippen LogP) is 2.67. The van der Waals surface area contributed by atoms with Crippen LogP contribution < -0.4 is 5.32 Å². The molecule has 1 aromatic rings. The van der Waals surface area contributed by atoms with Gasteiger partial charge in [-0.25, -0.2) is 4.79 Å². The first kappa shape index (κ1) is 15.5. The summed E-state index contributed by atoms with van der Waals surface area (Å²) in [5.41, 5.74) is 1.72. The van der Waals surface area contributed by atoms with Crippen LogP contribution in [0.3, 0.4) is 0 Å². The van der Waals surface area contributed by atoms with Crippen LogP contribution >= 0.6 is 0 Å². The molecule has 21 heavy (non-hydrogen) atoms. The van der Waals surface area contributed by atoms with Gasteiger partial charge in [0.15, 0.2) is 0 Å². The van der Waals surface area contributed by atoms with Crippen molar-refractivity contribution in [2.75, 3.05) is 0 Å². The molecular weight excluding hydrogens is 266 g/mol. The lowest BCUT2D eigenvalue weighted by Crippen LogP contribution is -2.32. The van der Waals surface area contributed by atoms with Crippen LogP contribution in [0.1, 0.15) is 51.4 Å². The average molecular weight is 289 g/mol. The van der Waals surface area contributed by atoms with Gasteiger partial charge in [0.1, 0.15) is 6.04 Å². The summed E-state index contributed by atoms with van der Waals surface area (Å²) in [6.07, 6.45) is 0.667. The fourth-order valence-electron chi connectivity index (χ4n) is 2.43. The fourth-order valence-corrected chi connectivity index (χ4v) is 2.43. The van der Waals surface area contributed by atoms with E-state index in [0.29, 0.717) is 18.3 Å². The van der Waals surface area contributed by atoms with E-state index in [-0.39, 0.29) is 18.5 Å². The second-order valence-corrected chi connectivity index (χ2v) is 6.26. The number of nitrogens with one attached hydrogen (secondary N) is 1. The van der Waals surface area contributed by atoms with E-state index in [2.05, 4.69) is 24.1 Å². The van der Waals surface area contributed by atoms with Crippen molar-refractivity contribution in [2.24, 2.45) is 5.92 Å². The van der Waals surface area contributed by atoms with E-state index >= 15 is 0 Å². The summed E-state index contributed by atoms with van der Waals surface area (Å²) < 4.78 is 0. The van der Waals surface area contributed by atoms with Crippen LogP contribution in [0.5, 0.6) is 0 Å². The SMILES string of the molecule is CC(C)C[C@H]1NC(=O)N(Cc2cccc(C(C)C)n2)C1=O. The highest BCUT2D eigenvalue weighted by atomic mass is 16.2. The van der Waals surface area contributed by atoms with E-state index in [1.54, 1.807) is 0 Å². The van der Waals surface area contributed by atoms with Crippen molar-refractivity contribution in [1.29, 1.82) is 0 Å². The highest BCUT2D eigenvalue weighted by Crippen LogP contribution is 2.17. The monoisotopic (exact) mass is 289 g/mol. The second-order valence-electron chi connectivity index (χ2n) is 6.26. The molecule has 1 aromatic heterocycles. The van der Waals surface area contributed by atoms with E-state index < -0.39 is 6.04 Å². The molecule has 0 radical (unpaired) electrons. The Morgan fingerprint density at radius 1 is 1.24 bits per heavy atom. The van der Waals surface area contributed by atoms with E-state index in [1.807, 2.05) is 32.0 Å². The van der Waals surface area contributed by atoms with Gasteiger partial charge >= 0.3 is 6.03 Å². The quantitative estimate of drug-likeness (QED) is 0.848. The van der Waals surface area contributed by atoms with Crippen molar-refractivity contribution < 1.29 is 9.59 Å². The molecule has 5 heteroatoms. The zero-order valence-electron chi connectivity index (χ0n) is 13.1. The Hall–Kier alpha value is -1.91. The number of pyridine rings is 1. The number of carbonyl (C=O) groups excluding carboxylic acids is 2. The van der Waals surface area contributed by atoms with Crippen LogP contribution in [0.4, 0.5) is 4.79 Å². The number of aromatic nitrogens is 1. The van der Waals surface area contributed by atoms with E-state index in [4.69, 9.17) is 0 Å². The lowest BCUT2D eigenvalue weighted by molar-refractivity contribution is -0.128. The summed E-state index contributed by atoms with van der Waals surface area (Å²) in [4.78, 5) is 30.0. The third-order valence-electron chi connectivity index (χ3n) is 3.55. The highest BCUT2D eigenvalue weighted by Gasteiger charge is 2.38. The normalized spacial score (nSPS) is 18.8. The molecule has 2 rings (SSSR count). The van der Waals surface area contributed by atoms with Crippen LogP contribution in [0.2, 0.25) is 0 Å². The van der Waals surface area contributed by atoms with Gasteiger partial charge in [-0.15, -0.1) is 0 Å². The predicted molar refractivity (Wildman–Crippen MR) is 80.7 cm³/mol. The van der Waals surface area contributed by atoms with Gasteiger partial charge in [0, 0.05) is 5.69 Å². The minimum atomic E-state index is -0.397. The Morgan fingerprint density at radius 2 is 1.95 bits per heavy atom. The standard InChI is InChI=1S/C16H23N3O2/c1-10(2)8-14-15(20)19(16(21)18-14)9-12-6-5-7-13(17-12)11(3)4/h5-7,10-11,14H,8-9H2,1-4H3,(H,18,21)/t14-/m1/s1. The van der Waals surface area contributed by atoms with Gasteiger partial charge in [-0.1, -0.05) is 33.8 Å². The molecule has 1 saturated heterocycles. The second kappa shape index (κ2) is 6.24. The van der Waals surface area contributed by atoms with Gasteiger partial charge in [0.2, 0.25) is 0 Å². The van der Waals surface area contributed by atoms with Crippen molar-refractivity contribution >= 4 is 11.9 Å². The van der Waals surface area contributed by atoms with Crippen LogP contribution in [-0.4, -0.2) is 27.9 Å². The lowest BCUT2D eigenvalue weighted by atomic mass is 10.0. The van der Waals surface area contributed by atoms with Crippen molar-refractivity contribution in [3.63, 3.8) is 0 Å². The summed E-state index contributed by atoms with van der Waals surface area (Å²) in [6, 6.07) is 5.01. The molecule has 1 fully saturated rings. The van der Waals surface area contributed by atoms with Crippen molar-refractivity contribution in [1.82, 2.24) is 15.2 Å². The first-order valence-electron chi connectivity index (χ1n) is 7.46. The Labute approximate surface area is 125 Å². The van der Waals surface area contributed by atoms with Crippen molar-refractivity contribution in [3.8, 4) is 0 Å². The Balaban J connectivity index is 2.10. The summed E-state index contributed by atoms with van der Waals surface area (Å²) >= 11 is 0. The maximum absolute atomic E-state index is 12.3. The van der Waals surface area contributed by atoms with E-state index in [1.165, 1.54) is 4.90 Å². The van der Waals surface area contributed by atoms with Gasteiger partial charge in [-0.2, -0.15) is 0 Å². The van der Waals surface area contributed by atoms with Crippen molar-refractivity contribution in [2.45, 2.75) is 52.6 Å². The zero-order chi connectivity index (χ0) is 15.6. The lowest BCUT2D eigenvalue weighted by Gasteiger charge is -2.14. The summed E-state index contributed by atoms with van der Waals surface area (Å²) in [7, 11) is 0. The molecule has 1 aliphatic heterocycles. The topological polar surface area (TPSA) is 62.3 Å². The van der Waals surface area contributed by atoms with Crippen LogP contribution in [0.25, 0.3) is 0 Å². The minimum absolute atomic E-state index is 0.148. The number of carbonyl (C=O) groups is 2. The van der Waals surface area contributed by atoms with Crippen LogP contribution in [0.15, 0.2) is 18.2 Å². The molecule has 0 saturated carbocycles. The Morgan fingerprint density at radius 3 is 2.57 bits per heavy atom. The number of rotatable bonds is 5. The molecule has 1 aliphatic rings. The number of urea groups is 1. The number of imide groups is 1. The number of nitrogens with zero attached hydrogens (tertiary/aromatic N) is 2. The number of hydrogen-bond acceptors (Lipinski definition) is 3. The first-order valence-corrected chi connectivity index (χ1v) is 7.46. The van der Waals surface area contributed by atoms with Gasteiger partial charge in [-0.05, 0) is 30.4 Å². The third kappa shape index (κ3) is 3.60. The molecule has 114 valence electrons. The molecule has 2 heterocycles. The summed E-state index contributed by atoms with van der Waals surface area (Å²) in [5, 5.41) is 2.75. The maximum Gasteiger partial charge on any atom is 0.325 e. The smallest absolute Gasteiger partial charge is 0.325 e. The molecule has 1 atom stereocenters. The Bertz CT molecular complexity index is 540. The molecule has 0 aromatic carbocycles. The molecule has 3 amide bonds. The molecule has 1 N–H and O–H groups in total. The third-order valence-corrected chi connectivity index (χ3v) is 3.55. The molecule has 0 spiro atoms. The maximum atomic E-state index is 12.3. The highest BCUT2D eigenvalue weighted by molar-refractivity contribution is 6.04. The van der Waals surface area contributed by atoms with Gasteiger partial charge < -0.3 is 5.32 Å². The van der Waals surface area contributed by atoms with E-state index in [0.717, 1.165) is 11.4 Å². The zero-order valence-corrected chi connectivity index (χ0v) is 13.1. The molecule has 5 nitrogen and oxygen atoms in total. The fraction of sp³-hybridized carbons (Fsp3) is 0.562. The average Bonchev–Trinajstić information content (AvgIpc) is 2.66. The van der Waals surface area contributed by atoms with Gasteiger partial charge in [0.25, 0.3) is 5.91 Å². The number of hydrogen-bond donors (Lipinski definition) is 1. The van der Waals surface area contributed by atoms with Crippen molar-refractivity contribution in [3.05, 3.63) is 29.6 Å². The van der Waals surface area contributed by atoms with E-state index in [9.17, 15) is 9.59 Å². The number of amides is 3. The largest absolute Gasteiger partial charge is 0.326 e. The molecule has 0 unspecified atom stereocenters. The van der Waals surface area contributed by atoms with Crippen LogP contribution in [-0.2, 0) is 11.3 Å². The van der Waals surface area contributed by atoms with Gasteiger partial charge in [-0.3, -0.25) is 14.7 Å². The molecular formula is C16H23N3O2. The molecule has 0 bridgehead atoms. The Kier molecular flexibility index (Phi) is 4.60. The minimum Gasteiger partial charge on any atom is -0.326 e. The summed E-state index contributed by atoms with van der Waals surface area (Å²) in [5.74, 6) is 0.536.